The summed E-state index contributed by atoms with van der Waals surface area (Å²) in [5.74, 6) is 0.376. The molecule has 1 amide bonds. The Kier molecular flexibility index (Phi) is 7.07. The summed E-state index contributed by atoms with van der Waals surface area (Å²) in [6, 6.07) is 10.6. The molecule has 1 aromatic carbocycles. The van der Waals surface area contributed by atoms with Crippen LogP contribution in [0.1, 0.15) is 52.7 Å². The van der Waals surface area contributed by atoms with Gasteiger partial charge in [-0.2, -0.15) is 0 Å². The lowest BCUT2D eigenvalue weighted by Crippen LogP contribution is -2.32. The number of thiophene rings is 1. The van der Waals surface area contributed by atoms with Gasteiger partial charge in [0.1, 0.15) is 6.26 Å². The van der Waals surface area contributed by atoms with E-state index < -0.39 is 0 Å². The zero-order valence-corrected chi connectivity index (χ0v) is 19.7. The Balaban J connectivity index is 1.47. The van der Waals surface area contributed by atoms with E-state index >= 15 is 0 Å². The summed E-state index contributed by atoms with van der Waals surface area (Å²) in [7, 11) is 0. The Labute approximate surface area is 192 Å². The summed E-state index contributed by atoms with van der Waals surface area (Å²) in [5.41, 5.74) is 4.10. The number of nitrogens with zero attached hydrogens (tertiary/aromatic N) is 2. The fourth-order valence-electron chi connectivity index (χ4n) is 3.68. The number of fused-ring (bicyclic) bond motifs is 1. The predicted molar refractivity (Wildman–Crippen MR) is 129 cm³/mol. The molecule has 0 saturated heterocycles. The van der Waals surface area contributed by atoms with Crippen LogP contribution in [0.4, 0.5) is 0 Å². The second-order valence-corrected chi connectivity index (χ2v) is 9.26. The van der Waals surface area contributed by atoms with E-state index in [4.69, 9.17) is 4.42 Å². The zero-order chi connectivity index (χ0) is 22.5. The lowest BCUT2D eigenvalue weighted by Gasteiger charge is -2.20. The van der Waals surface area contributed by atoms with Gasteiger partial charge in [-0.3, -0.25) is 9.69 Å². The molecule has 6 nitrogen and oxygen atoms in total. The number of rotatable bonds is 10. The molecule has 0 radical (unpaired) electrons. The molecule has 0 unspecified atom stereocenters. The fraction of sp³-hybridized carbons (Fsp3) is 0.360. The van der Waals surface area contributed by atoms with Crippen LogP contribution in [0.15, 0.2) is 52.6 Å². The Bertz CT molecular complexity index is 1180. The lowest BCUT2D eigenvalue weighted by molar-refractivity contribution is 0.0934. The van der Waals surface area contributed by atoms with Crippen molar-refractivity contribution in [3.05, 3.63) is 75.8 Å². The molecule has 168 valence electrons. The van der Waals surface area contributed by atoms with Gasteiger partial charge in [0, 0.05) is 41.1 Å². The highest BCUT2D eigenvalue weighted by atomic mass is 32.1. The van der Waals surface area contributed by atoms with E-state index in [2.05, 4.69) is 63.0 Å². The predicted octanol–water partition coefficient (Wildman–Crippen LogP) is 5.30. The molecule has 0 aliphatic heterocycles. The third kappa shape index (κ3) is 5.29. The van der Waals surface area contributed by atoms with Crippen molar-refractivity contribution in [2.24, 2.45) is 0 Å². The molecule has 0 bridgehead atoms. The monoisotopic (exact) mass is 450 g/mol. The number of oxazole rings is 1. The standard InChI is InChI=1S/C25H30N4O2S/c1-4-18(3)27-25(30)22-16-31-24(28-22)15-29(14-23-17(2)10-12-32-23)11-9-19-13-26-21-8-6-5-7-20(19)21/h5-8,10,12-13,16,18,26H,4,9,11,14-15H2,1-3H3,(H,27,30)/t18-/m0/s1. The molecule has 32 heavy (non-hydrogen) atoms. The summed E-state index contributed by atoms with van der Waals surface area (Å²) in [6.45, 7) is 8.40. The molecule has 3 aromatic heterocycles. The van der Waals surface area contributed by atoms with Gasteiger partial charge in [0.05, 0.1) is 6.54 Å². The number of H-pyrrole nitrogens is 1. The number of amides is 1. The number of aromatic nitrogens is 2. The average molecular weight is 451 g/mol. The van der Waals surface area contributed by atoms with E-state index in [1.165, 1.54) is 27.7 Å². The van der Waals surface area contributed by atoms with Crippen molar-refractivity contribution < 1.29 is 9.21 Å². The first-order chi connectivity index (χ1) is 15.5. The second kappa shape index (κ2) is 10.1. The number of aryl methyl sites for hydroxylation is 1. The molecular weight excluding hydrogens is 420 g/mol. The van der Waals surface area contributed by atoms with Gasteiger partial charge in [-0.25, -0.2) is 4.98 Å². The SMILES string of the molecule is CC[C@H](C)NC(=O)c1coc(CN(CCc2c[nH]c3ccccc23)Cc2sccc2C)n1. The van der Waals surface area contributed by atoms with Crippen molar-refractivity contribution in [3.8, 4) is 0 Å². The summed E-state index contributed by atoms with van der Waals surface area (Å²) >= 11 is 1.77. The first-order valence-corrected chi connectivity index (χ1v) is 12.0. The van der Waals surface area contributed by atoms with Crippen molar-refractivity contribution in [1.29, 1.82) is 0 Å². The highest BCUT2D eigenvalue weighted by Crippen LogP contribution is 2.22. The Morgan fingerprint density at radius 2 is 2.12 bits per heavy atom. The topological polar surface area (TPSA) is 74.2 Å². The van der Waals surface area contributed by atoms with Crippen LogP contribution in [0.2, 0.25) is 0 Å². The minimum absolute atomic E-state index is 0.108. The number of nitrogens with one attached hydrogen (secondary N) is 2. The van der Waals surface area contributed by atoms with Crippen molar-refractivity contribution in [1.82, 2.24) is 20.2 Å². The van der Waals surface area contributed by atoms with E-state index in [9.17, 15) is 4.79 Å². The highest BCUT2D eigenvalue weighted by molar-refractivity contribution is 7.10. The van der Waals surface area contributed by atoms with Gasteiger partial charge in [0.25, 0.3) is 5.91 Å². The maximum Gasteiger partial charge on any atom is 0.273 e. The molecule has 0 fully saturated rings. The van der Waals surface area contributed by atoms with Crippen LogP contribution < -0.4 is 5.32 Å². The maximum absolute atomic E-state index is 12.4. The molecule has 0 aliphatic rings. The Hall–Kier alpha value is -2.90. The number of benzene rings is 1. The van der Waals surface area contributed by atoms with Crippen LogP contribution in [0, 0.1) is 6.92 Å². The molecule has 2 N–H and O–H groups in total. The Morgan fingerprint density at radius 3 is 2.91 bits per heavy atom. The number of hydrogen-bond acceptors (Lipinski definition) is 5. The highest BCUT2D eigenvalue weighted by Gasteiger charge is 2.17. The molecule has 3 heterocycles. The van der Waals surface area contributed by atoms with Gasteiger partial charge in [0.15, 0.2) is 5.69 Å². The van der Waals surface area contributed by atoms with Crippen LogP contribution in [0.3, 0.4) is 0 Å². The minimum atomic E-state index is -0.186. The lowest BCUT2D eigenvalue weighted by atomic mass is 10.1. The van der Waals surface area contributed by atoms with Crippen molar-refractivity contribution in [2.45, 2.75) is 52.7 Å². The largest absolute Gasteiger partial charge is 0.447 e. The zero-order valence-electron chi connectivity index (χ0n) is 18.9. The number of carbonyl (C=O) groups is 1. The third-order valence-electron chi connectivity index (χ3n) is 5.84. The van der Waals surface area contributed by atoms with E-state index in [1.807, 2.05) is 19.9 Å². The number of carbonyl (C=O) groups excluding carboxylic acids is 1. The molecular formula is C25H30N4O2S. The van der Waals surface area contributed by atoms with Crippen LogP contribution in [-0.4, -0.2) is 33.4 Å². The minimum Gasteiger partial charge on any atom is -0.447 e. The number of aromatic amines is 1. The quantitative estimate of drug-likeness (QED) is 0.344. The molecule has 0 aliphatic carbocycles. The van der Waals surface area contributed by atoms with E-state index in [1.54, 1.807) is 11.3 Å². The first-order valence-electron chi connectivity index (χ1n) is 11.1. The molecule has 4 aromatic rings. The smallest absolute Gasteiger partial charge is 0.273 e. The summed E-state index contributed by atoms with van der Waals surface area (Å²) < 4.78 is 5.67. The van der Waals surface area contributed by atoms with Crippen LogP contribution in [0.5, 0.6) is 0 Å². The number of hydrogen-bond donors (Lipinski definition) is 2. The average Bonchev–Trinajstić information content (AvgIpc) is 3.52. The summed E-state index contributed by atoms with van der Waals surface area (Å²) in [6.07, 6.45) is 5.34. The molecule has 4 rings (SSSR count). The van der Waals surface area contributed by atoms with E-state index in [0.29, 0.717) is 18.1 Å². The molecule has 1 atom stereocenters. The normalized spacial score (nSPS) is 12.5. The fourth-order valence-corrected chi connectivity index (χ4v) is 4.63. The number of para-hydroxylation sites is 1. The molecule has 0 saturated carbocycles. The Morgan fingerprint density at radius 1 is 1.28 bits per heavy atom. The van der Waals surface area contributed by atoms with Crippen molar-refractivity contribution in [2.75, 3.05) is 6.54 Å². The third-order valence-corrected chi connectivity index (χ3v) is 6.85. The van der Waals surface area contributed by atoms with Gasteiger partial charge in [-0.15, -0.1) is 11.3 Å². The van der Waals surface area contributed by atoms with Crippen molar-refractivity contribution >= 4 is 28.1 Å². The van der Waals surface area contributed by atoms with Gasteiger partial charge >= 0.3 is 0 Å². The maximum atomic E-state index is 12.4. The van der Waals surface area contributed by atoms with E-state index in [0.717, 1.165) is 31.4 Å². The summed E-state index contributed by atoms with van der Waals surface area (Å²) in [5, 5.41) is 6.33. The van der Waals surface area contributed by atoms with Gasteiger partial charge < -0.3 is 14.7 Å². The summed E-state index contributed by atoms with van der Waals surface area (Å²) in [4.78, 5) is 23.9. The van der Waals surface area contributed by atoms with Gasteiger partial charge in [-0.1, -0.05) is 25.1 Å². The van der Waals surface area contributed by atoms with E-state index in [-0.39, 0.29) is 11.9 Å². The van der Waals surface area contributed by atoms with Crippen molar-refractivity contribution in [3.63, 3.8) is 0 Å². The van der Waals surface area contributed by atoms with Crippen LogP contribution >= 0.6 is 11.3 Å². The van der Waals surface area contributed by atoms with Gasteiger partial charge in [-0.05, 0) is 55.3 Å². The molecule has 7 heteroatoms. The first kappa shape index (κ1) is 22.3. The molecule has 0 spiro atoms. The van der Waals surface area contributed by atoms with Crippen LogP contribution in [0.25, 0.3) is 10.9 Å². The van der Waals surface area contributed by atoms with Gasteiger partial charge in [0.2, 0.25) is 5.89 Å². The van der Waals surface area contributed by atoms with Crippen LogP contribution in [-0.2, 0) is 19.5 Å². The second-order valence-electron chi connectivity index (χ2n) is 8.26.